The van der Waals surface area contributed by atoms with Crippen molar-refractivity contribution >= 4 is 16.0 Å². The van der Waals surface area contributed by atoms with E-state index in [-0.39, 0.29) is 12.3 Å². The predicted molar refractivity (Wildman–Crippen MR) is 198 cm³/mol. The van der Waals surface area contributed by atoms with Crippen molar-refractivity contribution in [3.63, 3.8) is 0 Å². The minimum Gasteiger partial charge on any atom is -0.387 e. The van der Waals surface area contributed by atoms with Crippen molar-refractivity contribution in [1.29, 1.82) is 0 Å². The van der Waals surface area contributed by atoms with Crippen LogP contribution in [0.2, 0.25) is 0 Å². The average molecular weight is 666 g/mol. The number of hydrogen-bond donors (Lipinski definition) is 3. The maximum Gasteiger partial charge on any atom is 0.267 e. The maximum absolute atomic E-state index is 12.5. The van der Waals surface area contributed by atoms with Gasteiger partial charge in [0.15, 0.2) is 0 Å². The largest absolute Gasteiger partial charge is 0.387 e. The van der Waals surface area contributed by atoms with Crippen molar-refractivity contribution in [2.24, 2.45) is 0 Å². The summed E-state index contributed by atoms with van der Waals surface area (Å²) in [6.07, 6.45) is 43.8. The molecular formula is C39H71NO5S. The van der Waals surface area contributed by atoms with Crippen molar-refractivity contribution in [1.82, 2.24) is 5.32 Å². The van der Waals surface area contributed by atoms with E-state index in [2.05, 4.69) is 55.6 Å². The van der Waals surface area contributed by atoms with Crippen molar-refractivity contribution in [3.8, 4) is 0 Å². The third-order valence-corrected chi connectivity index (χ3v) is 9.01. The summed E-state index contributed by atoms with van der Waals surface area (Å²) in [7, 11) is -4.35. The summed E-state index contributed by atoms with van der Waals surface area (Å²) >= 11 is 0. The molecule has 0 heterocycles. The molecule has 0 aliphatic heterocycles. The van der Waals surface area contributed by atoms with Gasteiger partial charge in [-0.25, -0.2) is 0 Å². The fourth-order valence-corrected chi connectivity index (χ4v) is 6.11. The normalized spacial score (nSPS) is 13.9. The third kappa shape index (κ3) is 33.7. The highest BCUT2D eigenvalue weighted by Crippen LogP contribution is 2.13. The molecule has 0 saturated carbocycles. The summed E-state index contributed by atoms with van der Waals surface area (Å²) in [5.41, 5.74) is 0. The van der Waals surface area contributed by atoms with Gasteiger partial charge in [-0.05, 0) is 64.2 Å². The van der Waals surface area contributed by atoms with Gasteiger partial charge in [0.25, 0.3) is 10.1 Å². The van der Waals surface area contributed by atoms with Gasteiger partial charge in [0, 0.05) is 6.42 Å². The third-order valence-electron chi connectivity index (χ3n) is 8.23. The van der Waals surface area contributed by atoms with Gasteiger partial charge < -0.3 is 10.4 Å². The lowest BCUT2D eigenvalue weighted by Crippen LogP contribution is -2.46. The van der Waals surface area contributed by atoms with Crippen LogP contribution >= 0.6 is 0 Å². The fourth-order valence-electron chi connectivity index (χ4n) is 5.38. The number of amides is 1. The van der Waals surface area contributed by atoms with Crippen LogP contribution in [0.4, 0.5) is 0 Å². The average Bonchev–Trinajstić information content (AvgIpc) is 3.01. The SMILES string of the molecule is CCCCC/C=C\C/C=C\CCCCCCCCCCCC(=O)NC(CS(=O)(=O)O)C(O)/C=C/CC/C=C/CCCCCCCC. The Kier molecular flexibility index (Phi) is 32.0. The Morgan fingerprint density at radius 3 is 1.54 bits per heavy atom. The Morgan fingerprint density at radius 1 is 0.587 bits per heavy atom. The number of rotatable bonds is 33. The topological polar surface area (TPSA) is 104 Å². The standard InChI is InChI=1S/C39H71NO5S/c1-3-5-7-9-11-13-15-17-18-19-20-21-22-23-25-27-29-31-33-35-39(42)40-37(36-46(43,44)45)38(41)34-32-30-28-26-24-16-14-12-10-8-6-4-2/h11,13,17-18,24,26,32,34,37-38,41H,3-10,12,14-16,19-23,25,27-31,33,35-36H2,1-2H3,(H,40,42)(H,43,44,45)/b13-11-,18-17-,26-24+,34-32+. The van der Waals surface area contributed by atoms with Crippen LogP contribution in [-0.2, 0) is 14.9 Å². The first-order chi connectivity index (χ1) is 22.3. The summed E-state index contributed by atoms with van der Waals surface area (Å²) in [6.45, 7) is 4.46. The maximum atomic E-state index is 12.5. The Hall–Kier alpha value is -1.70. The molecule has 0 radical (unpaired) electrons. The van der Waals surface area contributed by atoms with Crippen LogP contribution < -0.4 is 5.32 Å². The lowest BCUT2D eigenvalue weighted by Gasteiger charge is -2.21. The van der Waals surface area contributed by atoms with E-state index < -0.39 is 28.0 Å². The smallest absolute Gasteiger partial charge is 0.267 e. The van der Waals surface area contributed by atoms with E-state index in [1.54, 1.807) is 6.08 Å². The number of carbonyl (C=O) groups excluding carboxylic acids is 1. The highest BCUT2D eigenvalue weighted by molar-refractivity contribution is 7.85. The van der Waals surface area contributed by atoms with Crippen LogP contribution in [0.25, 0.3) is 0 Å². The molecule has 0 aromatic heterocycles. The zero-order valence-corrected chi connectivity index (χ0v) is 30.5. The molecule has 7 heteroatoms. The van der Waals surface area contributed by atoms with Gasteiger partial charge in [-0.2, -0.15) is 8.42 Å². The van der Waals surface area contributed by atoms with Gasteiger partial charge in [-0.3, -0.25) is 9.35 Å². The van der Waals surface area contributed by atoms with Crippen molar-refractivity contribution in [2.75, 3.05) is 5.75 Å². The molecule has 0 spiro atoms. The Balaban J connectivity index is 3.98. The molecule has 0 aliphatic rings. The predicted octanol–water partition coefficient (Wildman–Crippen LogP) is 10.7. The Labute approximate surface area is 284 Å². The second kappa shape index (κ2) is 33.2. The lowest BCUT2D eigenvalue weighted by molar-refractivity contribution is -0.122. The van der Waals surface area contributed by atoms with Crippen LogP contribution in [0.5, 0.6) is 0 Å². The zero-order chi connectivity index (χ0) is 34.0. The van der Waals surface area contributed by atoms with E-state index in [0.717, 1.165) is 44.9 Å². The van der Waals surface area contributed by atoms with E-state index in [4.69, 9.17) is 0 Å². The molecule has 2 atom stereocenters. The number of unbranched alkanes of at least 4 members (excludes halogenated alkanes) is 19. The second-order valence-electron chi connectivity index (χ2n) is 12.8. The second-order valence-corrected chi connectivity index (χ2v) is 14.3. The molecule has 46 heavy (non-hydrogen) atoms. The Bertz CT molecular complexity index is 909. The van der Waals surface area contributed by atoms with E-state index >= 15 is 0 Å². The van der Waals surface area contributed by atoms with Crippen LogP contribution in [-0.4, -0.2) is 41.9 Å². The van der Waals surface area contributed by atoms with Gasteiger partial charge in [-0.1, -0.05) is 152 Å². The molecule has 0 bridgehead atoms. The summed E-state index contributed by atoms with van der Waals surface area (Å²) < 4.78 is 32.3. The molecule has 0 saturated heterocycles. The van der Waals surface area contributed by atoms with Crippen LogP contribution in [0, 0.1) is 0 Å². The van der Waals surface area contributed by atoms with Gasteiger partial charge in [0.2, 0.25) is 5.91 Å². The van der Waals surface area contributed by atoms with E-state index in [0.29, 0.717) is 6.42 Å². The first-order valence-corrected chi connectivity index (χ1v) is 20.4. The van der Waals surface area contributed by atoms with E-state index in [1.165, 1.54) is 109 Å². The number of aliphatic hydroxyl groups excluding tert-OH is 1. The van der Waals surface area contributed by atoms with Gasteiger partial charge in [-0.15, -0.1) is 0 Å². The zero-order valence-electron chi connectivity index (χ0n) is 29.7. The Morgan fingerprint density at radius 2 is 1.00 bits per heavy atom. The van der Waals surface area contributed by atoms with Crippen LogP contribution in [0.3, 0.4) is 0 Å². The molecule has 0 aromatic carbocycles. The highest BCUT2D eigenvalue weighted by Gasteiger charge is 2.24. The molecule has 1 amide bonds. The lowest BCUT2D eigenvalue weighted by atomic mass is 10.1. The minimum absolute atomic E-state index is 0.282. The van der Waals surface area contributed by atoms with Crippen LogP contribution in [0.1, 0.15) is 174 Å². The molecule has 0 rings (SSSR count). The van der Waals surface area contributed by atoms with Crippen molar-refractivity contribution in [2.45, 2.75) is 187 Å². The first kappa shape index (κ1) is 44.3. The molecule has 3 N–H and O–H groups in total. The molecule has 0 fully saturated rings. The number of allylic oxidation sites excluding steroid dienone is 7. The fraction of sp³-hybridized carbons (Fsp3) is 0.769. The van der Waals surface area contributed by atoms with Crippen LogP contribution in [0.15, 0.2) is 48.6 Å². The van der Waals surface area contributed by atoms with E-state index in [9.17, 15) is 22.9 Å². The van der Waals surface area contributed by atoms with Gasteiger partial charge in [0.05, 0.1) is 17.9 Å². The quantitative estimate of drug-likeness (QED) is 0.0368. The summed E-state index contributed by atoms with van der Waals surface area (Å²) in [6, 6.07) is -1.07. The molecule has 0 aliphatic carbocycles. The number of carbonyl (C=O) groups is 1. The monoisotopic (exact) mass is 666 g/mol. The molecule has 2 unspecified atom stereocenters. The van der Waals surface area contributed by atoms with Crippen molar-refractivity contribution in [3.05, 3.63) is 48.6 Å². The van der Waals surface area contributed by atoms with Gasteiger partial charge >= 0.3 is 0 Å². The van der Waals surface area contributed by atoms with Gasteiger partial charge in [0.1, 0.15) is 0 Å². The number of nitrogens with one attached hydrogen (secondary N) is 1. The molecular weight excluding hydrogens is 594 g/mol. The van der Waals surface area contributed by atoms with E-state index in [1.807, 2.05) is 0 Å². The summed E-state index contributed by atoms with van der Waals surface area (Å²) in [5.74, 6) is -1.01. The van der Waals surface area contributed by atoms with Crippen molar-refractivity contribution < 1.29 is 22.9 Å². The highest BCUT2D eigenvalue weighted by atomic mass is 32.2. The summed E-state index contributed by atoms with van der Waals surface area (Å²) in [5, 5.41) is 13.1. The first-order valence-electron chi connectivity index (χ1n) is 18.8. The summed E-state index contributed by atoms with van der Waals surface area (Å²) in [4.78, 5) is 12.5. The number of hydrogen-bond acceptors (Lipinski definition) is 4. The molecule has 6 nitrogen and oxygen atoms in total. The minimum atomic E-state index is -4.35. The molecule has 0 aromatic rings. The molecule has 268 valence electrons. The number of aliphatic hydroxyl groups is 1.